The van der Waals surface area contributed by atoms with E-state index >= 15 is 0 Å². The van der Waals surface area contributed by atoms with Gasteiger partial charge in [0.25, 0.3) is 10.0 Å². The third kappa shape index (κ3) is 4.58. The molecular formula is C25H17ClFN3O3S2. The number of ether oxygens (including phenoxy) is 1. The Bertz CT molecular complexity index is 1660. The summed E-state index contributed by atoms with van der Waals surface area (Å²) in [5, 5.41) is 3.47. The quantitative estimate of drug-likeness (QED) is 0.269. The van der Waals surface area contributed by atoms with Gasteiger partial charge in [-0.05, 0) is 71.0 Å². The molecular weight excluding hydrogens is 509 g/mol. The topological polar surface area (TPSA) is 81.2 Å². The molecule has 2 aromatic heterocycles. The van der Waals surface area contributed by atoms with Crippen molar-refractivity contribution in [2.24, 2.45) is 0 Å². The van der Waals surface area contributed by atoms with Crippen molar-refractivity contribution in [3.05, 3.63) is 89.1 Å². The first kappa shape index (κ1) is 23.2. The van der Waals surface area contributed by atoms with Gasteiger partial charge in [0.1, 0.15) is 11.6 Å². The van der Waals surface area contributed by atoms with Gasteiger partial charge >= 0.3 is 0 Å². The molecule has 0 saturated heterocycles. The van der Waals surface area contributed by atoms with E-state index in [1.165, 1.54) is 25.3 Å². The predicted octanol–water partition coefficient (Wildman–Crippen LogP) is 6.63. The monoisotopic (exact) mass is 525 g/mol. The molecule has 0 aliphatic heterocycles. The lowest BCUT2D eigenvalue weighted by Crippen LogP contribution is -2.13. The maximum absolute atomic E-state index is 13.8. The minimum atomic E-state index is -3.81. The van der Waals surface area contributed by atoms with Crippen LogP contribution in [-0.4, -0.2) is 24.9 Å². The molecule has 35 heavy (non-hydrogen) atoms. The Morgan fingerprint density at radius 3 is 2.63 bits per heavy atom. The molecule has 5 rings (SSSR count). The standard InChI is InChI=1S/C25H17ClFN3O3S2/c1-33-23-14-20(15-3-2-4-17(27)11-15)22(26)13-21(23)25-19-6-5-18(12-16(19)7-9-28-25)35(31,32)30-24-8-10-34-29-24/h2-14H,1H3,(H,29,30). The van der Waals surface area contributed by atoms with Crippen molar-refractivity contribution in [3.8, 4) is 28.1 Å². The van der Waals surface area contributed by atoms with Crippen LogP contribution in [-0.2, 0) is 10.0 Å². The highest BCUT2D eigenvalue weighted by molar-refractivity contribution is 7.92. The molecule has 0 unspecified atom stereocenters. The van der Waals surface area contributed by atoms with Gasteiger partial charge in [-0.3, -0.25) is 9.71 Å². The Kier molecular flexibility index (Phi) is 6.14. The molecule has 0 fully saturated rings. The smallest absolute Gasteiger partial charge is 0.263 e. The molecule has 0 atom stereocenters. The predicted molar refractivity (Wildman–Crippen MR) is 137 cm³/mol. The van der Waals surface area contributed by atoms with E-state index in [9.17, 15) is 12.8 Å². The van der Waals surface area contributed by atoms with Gasteiger partial charge < -0.3 is 4.74 Å². The molecule has 0 radical (unpaired) electrons. The van der Waals surface area contributed by atoms with E-state index in [0.29, 0.717) is 43.9 Å². The van der Waals surface area contributed by atoms with Crippen LogP contribution in [0.2, 0.25) is 5.02 Å². The molecule has 0 spiro atoms. The number of methoxy groups -OCH3 is 1. The number of benzene rings is 3. The lowest BCUT2D eigenvalue weighted by Gasteiger charge is -2.15. The summed E-state index contributed by atoms with van der Waals surface area (Å²) in [4.78, 5) is 4.62. The molecule has 3 aromatic carbocycles. The summed E-state index contributed by atoms with van der Waals surface area (Å²) >= 11 is 7.76. The Balaban J connectivity index is 1.60. The first-order valence-corrected chi connectivity index (χ1v) is 13.0. The number of nitrogens with one attached hydrogen (secondary N) is 1. The van der Waals surface area contributed by atoms with Crippen LogP contribution in [0.3, 0.4) is 0 Å². The number of sulfonamides is 1. The highest BCUT2D eigenvalue weighted by Crippen LogP contribution is 2.41. The van der Waals surface area contributed by atoms with Crippen LogP contribution in [0.4, 0.5) is 10.2 Å². The molecule has 0 saturated carbocycles. The largest absolute Gasteiger partial charge is 0.496 e. The van der Waals surface area contributed by atoms with Crippen molar-refractivity contribution in [1.82, 2.24) is 9.36 Å². The summed E-state index contributed by atoms with van der Waals surface area (Å²) in [6.45, 7) is 0. The van der Waals surface area contributed by atoms with Gasteiger partial charge in [0, 0.05) is 33.1 Å². The molecule has 176 valence electrons. The van der Waals surface area contributed by atoms with E-state index in [-0.39, 0.29) is 16.5 Å². The van der Waals surface area contributed by atoms with Gasteiger partial charge in [-0.1, -0.05) is 29.8 Å². The van der Waals surface area contributed by atoms with E-state index < -0.39 is 10.0 Å². The Morgan fingerprint density at radius 2 is 1.89 bits per heavy atom. The van der Waals surface area contributed by atoms with Crippen molar-refractivity contribution in [1.29, 1.82) is 0 Å². The highest BCUT2D eigenvalue weighted by atomic mass is 35.5. The first-order valence-electron chi connectivity index (χ1n) is 10.3. The van der Waals surface area contributed by atoms with Gasteiger partial charge in [0.05, 0.1) is 17.7 Å². The van der Waals surface area contributed by atoms with Crippen LogP contribution in [0.15, 0.2) is 83.2 Å². The second-order valence-electron chi connectivity index (χ2n) is 7.58. The van der Waals surface area contributed by atoms with Gasteiger partial charge in [-0.15, -0.1) is 0 Å². The van der Waals surface area contributed by atoms with Gasteiger partial charge in [0.2, 0.25) is 0 Å². The normalized spacial score (nSPS) is 11.5. The average Bonchev–Trinajstić information content (AvgIpc) is 3.35. The molecule has 0 aliphatic carbocycles. The lowest BCUT2D eigenvalue weighted by atomic mass is 9.98. The number of nitrogens with zero attached hydrogens (tertiary/aromatic N) is 2. The van der Waals surface area contributed by atoms with Crippen LogP contribution in [0.1, 0.15) is 0 Å². The third-order valence-corrected chi connectivity index (χ3v) is 7.63. The fourth-order valence-electron chi connectivity index (χ4n) is 3.78. The highest BCUT2D eigenvalue weighted by Gasteiger charge is 2.19. The van der Waals surface area contributed by atoms with Crippen molar-refractivity contribution in [3.63, 3.8) is 0 Å². The van der Waals surface area contributed by atoms with Crippen molar-refractivity contribution in [2.45, 2.75) is 4.90 Å². The molecule has 10 heteroatoms. The van der Waals surface area contributed by atoms with Crippen LogP contribution < -0.4 is 9.46 Å². The zero-order valence-electron chi connectivity index (χ0n) is 18.2. The van der Waals surface area contributed by atoms with Crippen LogP contribution in [0.25, 0.3) is 33.2 Å². The van der Waals surface area contributed by atoms with Crippen LogP contribution in [0.5, 0.6) is 5.75 Å². The van der Waals surface area contributed by atoms with E-state index in [0.717, 1.165) is 11.5 Å². The zero-order valence-corrected chi connectivity index (χ0v) is 20.6. The van der Waals surface area contributed by atoms with Crippen molar-refractivity contribution in [2.75, 3.05) is 11.8 Å². The lowest BCUT2D eigenvalue weighted by molar-refractivity contribution is 0.416. The summed E-state index contributed by atoms with van der Waals surface area (Å²) < 4.78 is 51.5. The Hall–Kier alpha value is -3.53. The molecule has 1 N–H and O–H groups in total. The third-order valence-electron chi connectivity index (χ3n) is 5.40. The second kappa shape index (κ2) is 9.26. The number of fused-ring (bicyclic) bond motifs is 1. The number of aromatic nitrogens is 2. The van der Waals surface area contributed by atoms with Crippen molar-refractivity contribution >= 4 is 49.7 Å². The molecule has 0 amide bonds. The summed E-state index contributed by atoms with van der Waals surface area (Å²) in [5.74, 6) is 0.395. The second-order valence-corrected chi connectivity index (χ2v) is 10.3. The Labute approximate surface area is 210 Å². The number of hydrogen-bond donors (Lipinski definition) is 1. The summed E-state index contributed by atoms with van der Waals surface area (Å²) in [7, 11) is -2.28. The van der Waals surface area contributed by atoms with Crippen LogP contribution >= 0.6 is 23.1 Å². The van der Waals surface area contributed by atoms with Gasteiger partial charge in [0.15, 0.2) is 5.82 Å². The van der Waals surface area contributed by atoms with Gasteiger partial charge in [-0.25, -0.2) is 12.8 Å². The number of halogens is 2. The van der Waals surface area contributed by atoms with Gasteiger partial charge in [-0.2, -0.15) is 4.37 Å². The number of anilines is 1. The van der Waals surface area contributed by atoms with E-state index in [1.54, 1.807) is 60.1 Å². The summed E-state index contributed by atoms with van der Waals surface area (Å²) in [6, 6.07) is 17.7. The SMILES string of the molecule is COc1cc(-c2cccc(F)c2)c(Cl)cc1-c1nccc2cc(S(=O)(=O)Nc3ccsn3)ccc12. The van der Waals surface area contributed by atoms with Crippen LogP contribution in [0, 0.1) is 5.82 Å². The zero-order chi connectivity index (χ0) is 24.6. The molecule has 6 nitrogen and oxygen atoms in total. The minimum Gasteiger partial charge on any atom is -0.496 e. The number of rotatable bonds is 6. The van der Waals surface area contributed by atoms with Crippen molar-refractivity contribution < 1.29 is 17.5 Å². The average molecular weight is 526 g/mol. The first-order chi connectivity index (χ1) is 16.9. The minimum absolute atomic E-state index is 0.0987. The van der Waals surface area contributed by atoms with E-state index in [4.69, 9.17) is 16.3 Å². The van der Waals surface area contributed by atoms with E-state index in [2.05, 4.69) is 14.1 Å². The number of pyridine rings is 1. The molecule has 0 bridgehead atoms. The maximum atomic E-state index is 13.8. The molecule has 0 aliphatic rings. The van der Waals surface area contributed by atoms with E-state index in [1.807, 2.05) is 0 Å². The summed E-state index contributed by atoms with van der Waals surface area (Å²) in [5.41, 5.74) is 2.43. The summed E-state index contributed by atoms with van der Waals surface area (Å²) in [6.07, 6.45) is 1.59. The number of hydrogen-bond acceptors (Lipinski definition) is 6. The Morgan fingerprint density at radius 1 is 1.03 bits per heavy atom. The molecule has 2 heterocycles. The molecule has 5 aromatic rings. The fraction of sp³-hybridized carbons (Fsp3) is 0.0400. The fourth-order valence-corrected chi connectivity index (χ4v) is 5.62. The maximum Gasteiger partial charge on any atom is 0.263 e.